The zero-order chi connectivity index (χ0) is 26.9. The zero-order valence-corrected chi connectivity index (χ0v) is 23.4. The van der Waals surface area contributed by atoms with Crippen LogP contribution in [0.15, 0.2) is 24.3 Å². The van der Waals surface area contributed by atoms with Crippen molar-refractivity contribution < 1.29 is 19.1 Å². The molecule has 0 radical (unpaired) electrons. The molecular weight excluding hydrogens is 454 g/mol. The summed E-state index contributed by atoms with van der Waals surface area (Å²) in [6.45, 7) is 13.8. The maximum absolute atomic E-state index is 14.0. The second-order valence-electron chi connectivity index (χ2n) is 11.5. The quantitative estimate of drug-likeness (QED) is 0.433. The normalized spacial score (nSPS) is 16.2. The van der Waals surface area contributed by atoms with E-state index in [-0.39, 0.29) is 23.8 Å². The third-order valence-electron chi connectivity index (χ3n) is 6.31. The van der Waals surface area contributed by atoms with Gasteiger partial charge in [-0.1, -0.05) is 69.9 Å². The molecule has 0 aliphatic heterocycles. The van der Waals surface area contributed by atoms with Crippen LogP contribution in [0.1, 0.15) is 104 Å². The standard InChI is InChI=1S/C29H47N3O4/c1-8-17-32(27(34)24(18-20(2)3)31-28(35)36-29(5,6)7)25(22-14-12-13-21(4)19-22)26(33)30-23-15-10-9-11-16-23/h12-14,19-20,23-25H,8-11,15-18H2,1-7H3,(H,30,33)(H,31,35). The molecule has 202 valence electrons. The van der Waals surface area contributed by atoms with Crippen LogP contribution in [0, 0.1) is 12.8 Å². The molecule has 0 bridgehead atoms. The van der Waals surface area contributed by atoms with Crippen LogP contribution in [0.3, 0.4) is 0 Å². The Kier molecular flexibility index (Phi) is 11.3. The van der Waals surface area contributed by atoms with E-state index in [0.717, 1.165) is 36.8 Å². The number of rotatable bonds is 10. The molecule has 7 nitrogen and oxygen atoms in total. The molecule has 1 saturated carbocycles. The van der Waals surface area contributed by atoms with Gasteiger partial charge in [0, 0.05) is 12.6 Å². The summed E-state index contributed by atoms with van der Waals surface area (Å²) in [5.74, 6) is -0.262. The van der Waals surface area contributed by atoms with Gasteiger partial charge in [-0.05, 0) is 64.9 Å². The fourth-order valence-corrected chi connectivity index (χ4v) is 4.79. The molecule has 1 aromatic rings. The molecule has 1 fully saturated rings. The Labute approximate surface area is 217 Å². The number of ether oxygens (including phenoxy) is 1. The van der Waals surface area contributed by atoms with E-state index in [4.69, 9.17) is 4.74 Å². The maximum Gasteiger partial charge on any atom is 0.408 e. The molecule has 7 heteroatoms. The van der Waals surface area contributed by atoms with Gasteiger partial charge in [0.1, 0.15) is 17.7 Å². The molecule has 0 aromatic heterocycles. The van der Waals surface area contributed by atoms with Crippen LogP contribution in [0.4, 0.5) is 4.79 Å². The summed E-state index contributed by atoms with van der Waals surface area (Å²) >= 11 is 0. The van der Waals surface area contributed by atoms with Crippen molar-refractivity contribution >= 4 is 17.9 Å². The highest BCUT2D eigenvalue weighted by atomic mass is 16.6. The van der Waals surface area contributed by atoms with Crippen molar-refractivity contribution in [3.05, 3.63) is 35.4 Å². The van der Waals surface area contributed by atoms with Gasteiger partial charge in [-0.15, -0.1) is 0 Å². The van der Waals surface area contributed by atoms with Crippen LogP contribution >= 0.6 is 0 Å². The molecule has 2 unspecified atom stereocenters. The number of nitrogens with one attached hydrogen (secondary N) is 2. The largest absolute Gasteiger partial charge is 0.444 e. The highest BCUT2D eigenvalue weighted by molar-refractivity contribution is 5.92. The van der Waals surface area contributed by atoms with Gasteiger partial charge in [-0.25, -0.2) is 4.79 Å². The molecule has 36 heavy (non-hydrogen) atoms. The van der Waals surface area contributed by atoms with Crippen LogP contribution in [-0.4, -0.2) is 47.0 Å². The molecule has 2 atom stereocenters. The number of nitrogens with zero attached hydrogens (tertiary/aromatic N) is 1. The average Bonchev–Trinajstić information content (AvgIpc) is 2.77. The van der Waals surface area contributed by atoms with E-state index in [1.165, 1.54) is 6.42 Å². The van der Waals surface area contributed by atoms with Crippen molar-refractivity contribution in [1.82, 2.24) is 15.5 Å². The lowest BCUT2D eigenvalue weighted by molar-refractivity contribution is -0.143. The van der Waals surface area contributed by atoms with Gasteiger partial charge in [0.2, 0.25) is 11.8 Å². The predicted molar refractivity (Wildman–Crippen MR) is 144 cm³/mol. The number of carbonyl (C=O) groups excluding carboxylic acids is 3. The minimum atomic E-state index is -0.791. The Bertz CT molecular complexity index is 872. The molecule has 1 aliphatic rings. The molecule has 1 aromatic carbocycles. The van der Waals surface area contributed by atoms with Gasteiger partial charge in [-0.2, -0.15) is 0 Å². The van der Waals surface area contributed by atoms with Crippen molar-refractivity contribution in [3.8, 4) is 0 Å². The number of hydrogen-bond donors (Lipinski definition) is 2. The van der Waals surface area contributed by atoms with E-state index in [2.05, 4.69) is 10.6 Å². The van der Waals surface area contributed by atoms with Gasteiger partial charge >= 0.3 is 6.09 Å². The lowest BCUT2D eigenvalue weighted by Crippen LogP contribution is -2.54. The summed E-state index contributed by atoms with van der Waals surface area (Å²) in [5, 5.41) is 6.03. The number of aryl methyl sites for hydroxylation is 1. The predicted octanol–water partition coefficient (Wildman–Crippen LogP) is 5.66. The monoisotopic (exact) mass is 501 g/mol. The lowest BCUT2D eigenvalue weighted by Gasteiger charge is -2.36. The van der Waals surface area contributed by atoms with E-state index in [0.29, 0.717) is 19.4 Å². The first-order valence-corrected chi connectivity index (χ1v) is 13.6. The van der Waals surface area contributed by atoms with E-state index < -0.39 is 23.8 Å². The number of amides is 3. The fourth-order valence-electron chi connectivity index (χ4n) is 4.79. The van der Waals surface area contributed by atoms with E-state index in [9.17, 15) is 14.4 Å². The number of benzene rings is 1. The van der Waals surface area contributed by atoms with Crippen molar-refractivity contribution in [1.29, 1.82) is 0 Å². The summed E-state index contributed by atoms with van der Waals surface area (Å²) in [7, 11) is 0. The smallest absolute Gasteiger partial charge is 0.408 e. The van der Waals surface area contributed by atoms with Crippen molar-refractivity contribution in [2.45, 2.75) is 117 Å². The number of hydrogen-bond acceptors (Lipinski definition) is 4. The van der Waals surface area contributed by atoms with Crippen LogP contribution in [0.5, 0.6) is 0 Å². The van der Waals surface area contributed by atoms with Crippen molar-refractivity contribution in [3.63, 3.8) is 0 Å². The highest BCUT2D eigenvalue weighted by Crippen LogP contribution is 2.26. The third kappa shape index (κ3) is 9.47. The lowest BCUT2D eigenvalue weighted by atomic mass is 9.94. The Balaban J connectivity index is 2.41. The molecule has 2 rings (SSSR count). The van der Waals surface area contributed by atoms with Gasteiger partial charge in [0.25, 0.3) is 0 Å². The van der Waals surface area contributed by atoms with Gasteiger partial charge < -0.3 is 20.3 Å². The number of alkyl carbamates (subject to hydrolysis) is 1. The van der Waals surface area contributed by atoms with Gasteiger partial charge in [-0.3, -0.25) is 9.59 Å². The Morgan fingerprint density at radius 2 is 1.78 bits per heavy atom. The molecule has 2 N–H and O–H groups in total. The first-order valence-electron chi connectivity index (χ1n) is 13.6. The Hall–Kier alpha value is -2.57. The van der Waals surface area contributed by atoms with E-state index in [1.807, 2.05) is 52.0 Å². The second kappa shape index (κ2) is 13.7. The summed E-state index contributed by atoms with van der Waals surface area (Å²) in [5.41, 5.74) is 1.13. The first-order chi connectivity index (χ1) is 16.9. The third-order valence-corrected chi connectivity index (χ3v) is 6.31. The fraction of sp³-hybridized carbons (Fsp3) is 0.690. The molecule has 0 saturated heterocycles. The van der Waals surface area contributed by atoms with Crippen LogP contribution < -0.4 is 10.6 Å². The van der Waals surface area contributed by atoms with E-state index in [1.54, 1.807) is 25.7 Å². The molecular formula is C29H47N3O4. The van der Waals surface area contributed by atoms with E-state index >= 15 is 0 Å². The summed E-state index contributed by atoms with van der Waals surface area (Å²) < 4.78 is 5.45. The molecule has 0 heterocycles. The molecule has 1 aliphatic carbocycles. The van der Waals surface area contributed by atoms with Gasteiger partial charge in [0.05, 0.1) is 0 Å². The van der Waals surface area contributed by atoms with Crippen molar-refractivity contribution in [2.24, 2.45) is 5.92 Å². The minimum Gasteiger partial charge on any atom is -0.444 e. The minimum absolute atomic E-state index is 0.128. The zero-order valence-electron chi connectivity index (χ0n) is 23.4. The van der Waals surface area contributed by atoms with Crippen LogP contribution in [0.25, 0.3) is 0 Å². The first kappa shape index (κ1) is 29.7. The van der Waals surface area contributed by atoms with Crippen LogP contribution in [0.2, 0.25) is 0 Å². The summed E-state index contributed by atoms with van der Waals surface area (Å²) in [6, 6.07) is 6.35. The van der Waals surface area contributed by atoms with Crippen molar-refractivity contribution in [2.75, 3.05) is 6.54 Å². The Morgan fingerprint density at radius 1 is 1.11 bits per heavy atom. The topological polar surface area (TPSA) is 87.7 Å². The summed E-state index contributed by atoms with van der Waals surface area (Å²) in [4.78, 5) is 42.1. The molecule has 3 amide bonds. The van der Waals surface area contributed by atoms with Gasteiger partial charge in [0.15, 0.2) is 0 Å². The Morgan fingerprint density at radius 3 is 2.33 bits per heavy atom. The maximum atomic E-state index is 14.0. The average molecular weight is 502 g/mol. The summed E-state index contributed by atoms with van der Waals surface area (Å²) in [6.07, 6.45) is 5.84. The number of carbonyl (C=O) groups is 3. The molecule has 0 spiro atoms. The SMILES string of the molecule is CCCN(C(=O)C(CC(C)C)NC(=O)OC(C)(C)C)C(C(=O)NC1CCCCC1)c1cccc(C)c1. The van der Waals surface area contributed by atoms with Crippen LogP contribution in [-0.2, 0) is 14.3 Å². The highest BCUT2D eigenvalue weighted by Gasteiger charge is 2.37. The second-order valence-corrected chi connectivity index (χ2v) is 11.5.